The molecule has 2 aromatic carbocycles. The maximum absolute atomic E-state index is 13.0. The zero-order valence-corrected chi connectivity index (χ0v) is 18.8. The van der Waals surface area contributed by atoms with Gasteiger partial charge in [-0.3, -0.25) is 4.79 Å². The van der Waals surface area contributed by atoms with Crippen molar-refractivity contribution < 1.29 is 27.4 Å². The molecule has 1 aliphatic heterocycles. The fraction of sp³-hybridized carbons (Fsp3) is 0.409. The van der Waals surface area contributed by atoms with Crippen molar-refractivity contribution in [1.29, 1.82) is 0 Å². The Morgan fingerprint density at radius 2 is 1.61 bits per heavy atom. The number of likely N-dealkylation sites (tertiary alicyclic amines) is 1. The van der Waals surface area contributed by atoms with Gasteiger partial charge in [0.1, 0.15) is 17.2 Å². The molecule has 2 aromatic rings. The Bertz CT molecular complexity index is 1030. The molecule has 1 heterocycles. The summed E-state index contributed by atoms with van der Waals surface area (Å²) in [5, 5.41) is 0. The van der Waals surface area contributed by atoms with Crippen LogP contribution in [-0.4, -0.2) is 53.6 Å². The van der Waals surface area contributed by atoms with Crippen molar-refractivity contribution in [3.8, 4) is 17.2 Å². The van der Waals surface area contributed by atoms with E-state index >= 15 is 0 Å². The van der Waals surface area contributed by atoms with E-state index in [-0.39, 0.29) is 22.9 Å². The second kappa shape index (κ2) is 10.0. The van der Waals surface area contributed by atoms with Crippen LogP contribution in [0.1, 0.15) is 35.2 Å². The van der Waals surface area contributed by atoms with Gasteiger partial charge in [0.15, 0.2) is 0 Å². The first-order chi connectivity index (χ1) is 14.9. The molecular formula is C22H28N2O6S. The summed E-state index contributed by atoms with van der Waals surface area (Å²) >= 11 is 0. The molecule has 9 heteroatoms. The minimum atomic E-state index is -3.89. The summed E-state index contributed by atoms with van der Waals surface area (Å²) in [5.41, 5.74) is 0.870. The van der Waals surface area contributed by atoms with E-state index in [9.17, 15) is 13.2 Å². The molecule has 168 valence electrons. The molecule has 1 saturated heterocycles. The minimum absolute atomic E-state index is 0.00411. The van der Waals surface area contributed by atoms with E-state index in [1.165, 1.54) is 39.5 Å². The molecule has 0 atom stereocenters. The Morgan fingerprint density at radius 1 is 0.935 bits per heavy atom. The first-order valence-corrected chi connectivity index (χ1v) is 11.6. The first-order valence-electron chi connectivity index (χ1n) is 10.1. The standard InChI is InChI=1S/C22H28N2O6S/c1-28-17-7-9-20(29-2)16(13-17)15-23-31(26,27)18-8-10-21(30-3)19(14-18)22(25)24-11-5-4-6-12-24/h7-10,13-14,23H,4-6,11-12,15H2,1-3H3. The quantitative estimate of drug-likeness (QED) is 0.667. The van der Waals surface area contributed by atoms with E-state index in [4.69, 9.17) is 14.2 Å². The van der Waals surface area contributed by atoms with Gasteiger partial charge < -0.3 is 19.1 Å². The van der Waals surface area contributed by atoms with Crippen LogP contribution in [0.2, 0.25) is 0 Å². The molecule has 1 aliphatic rings. The van der Waals surface area contributed by atoms with Crippen LogP contribution in [0.25, 0.3) is 0 Å². The second-order valence-electron chi connectivity index (χ2n) is 7.22. The molecule has 0 aliphatic carbocycles. The Morgan fingerprint density at radius 3 is 2.26 bits per heavy atom. The zero-order valence-electron chi connectivity index (χ0n) is 18.0. The van der Waals surface area contributed by atoms with Crippen molar-refractivity contribution in [2.24, 2.45) is 0 Å². The van der Waals surface area contributed by atoms with Gasteiger partial charge >= 0.3 is 0 Å². The van der Waals surface area contributed by atoms with E-state index in [2.05, 4.69) is 4.72 Å². The van der Waals surface area contributed by atoms with Crippen molar-refractivity contribution in [2.45, 2.75) is 30.7 Å². The molecule has 0 spiro atoms. The number of hydrogen-bond donors (Lipinski definition) is 1. The van der Waals surface area contributed by atoms with Crippen molar-refractivity contribution >= 4 is 15.9 Å². The maximum Gasteiger partial charge on any atom is 0.257 e. The summed E-state index contributed by atoms with van der Waals surface area (Å²) in [6.45, 7) is 1.32. The van der Waals surface area contributed by atoms with Crippen LogP contribution in [0.15, 0.2) is 41.3 Å². The topological polar surface area (TPSA) is 94.2 Å². The number of methoxy groups -OCH3 is 3. The summed E-state index contributed by atoms with van der Waals surface area (Å²) in [6.07, 6.45) is 2.97. The molecule has 1 N–H and O–H groups in total. The molecule has 3 rings (SSSR count). The third-order valence-electron chi connectivity index (χ3n) is 5.30. The SMILES string of the molecule is COc1ccc(OC)c(CNS(=O)(=O)c2ccc(OC)c(C(=O)N3CCCCC3)c2)c1. The molecule has 1 fully saturated rings. The summed E-state index contributed by atoms with van der Waals surface area (Å²) in [7, 11) is 0.626. The number of nitrogens with zero attached hydrogens (tertiary/aromatic N) is 1. The number of hydrogen-bond acceptors (Lipinski definition) is 6. The van der Waals surface area contributed by atoms with Gasteiger partial charge in [-0.1, -0.05) is 0 Å². The van der Waals surface area contributed by atoms with Gasteiger partial charge in [-0.15, -0.1) is 0 Å². The molecule has 0 unspecified atom stereocenters. The number of benzene rings is 2. The van der Waals surface area contributed by atoms with Crippen LogP contribution < -0.4 is 18.9 Å². The Hall–Kier alpha value is -2.78. The number of carbonyl (C=O) groups is 1. The van der Waals surface area contributed by atoms with Gasteiger partial charge in [0.2, 0.25) is 10.0 Å². The maximum atomic E-state index is 13.0. The van der Waals surface area contributed by atoms with Crippen LogP contribution in [0, 0.1) is 0 Å². The van der Waals surface area contributed by atoms with Gasteiger partial charge in [-0.2, -0.15) is 0 Å². The Balaban J connectivity index is 1.85. The summed E-state index contributed by atoms with van der Waals surface area (Å²) in [5.74, 6) is 1.26. The zero-order chi connectivity index (χ0) is 22.4. The fourth-order valence-electron chi connectivity index (χ4n) is 3.56. The van der Waals surface area contributed by atoms with E-state index in [0.717, 1.165) is 19.3 Å². The third-order valence-corrected chi connectivity index (χ3v) is 6.69. The number of piperidine rings is 1. The molecule has 0 bridgehead atoms. The number of ether oxygens (including phenoxy) is 3. The Kier molecular flexibility index (Phi) is 7.40. The van der Waals surface area contributed by atoms with Crippen molar-refractivity contribution in [3.05, 3.63) is 47.5 Å². The number of rotatable bonds is 8. The first kappa shape index (κ1) is 22.9. The number of amides is 1. The third kappa shape index (κ3) is 5.29. The van der Waals surface area contributed by atoms with Crippen LogP contribution in [-0.2, 0) is 16.6 Å². The van der Waals surface area contributed by atoms with Crippen LogP contribution in [0.3, 0.4) is 0 Å². The molecule has 0 saturated carbocycles. The lowest BCUT2D eigenvalue weighted by atomic mass is 10.1. The highest BCUT2D eigenvalue weighted by Gasteiger charge is 2.24. The normalized spacial score (nSPS) is 14.2. The Labute approximate surface area is 183 Å². The highest BCUT2D eigenvalue weighted by atomic mass is 32.2. The van der Waals surface area contributed by atoms with E-state index in [1.54, 1.807) is 23.1 Å². The van der Waals surface area contributed by atoms with Crippen LogP contribution >= 0.6 is 0 Å². The summed E-state index contributed by atoms with van der Waals surface area (Å²) in [6, 6.07) is 9.47. The van der Waals surface area contributed by atoms with Gasteiger partial charge in [0.05, 0.1) is 31.8 Å². The fourth-order valence-corrected chi connectivity index (χ4v) is 4.60. The molecule has 0 aromatic heterocycles. The van der Waals surface area contributed by atoms with Crippen molar-refractivity contribution in [3.63, 3.8) is 0 Å². The second-order valence-corrected chi connectivity index (χ2v) is 8.98. The molecule has 1 amide bonds. The minimum Gasteiger partial charge on any atom is -0.497 e. The molecule has 8 nitrogen and oxygen atoms in total. The lowest BCUT2D eigenvalue weighted by Crippen LogP contribution is -2.36. The van der Waals surface area contributed by atoms with Crippen molar-refractivity contribution in [2.75, 3.05) is 34.4 Å². The molecular weight excluding hydrogens is 420 g/mol. The van der Waals surface area contributed by atoms with E-state index < -0.39 is 10.0 Å². The smallest absolute Gasteiger partial charge is 0.257 e. The average molecular weight is 449 g/mol. The predicted molar refractivity (Wildman–Crippen MR) is 116 cm³/mol. The average Bonchev–Trinajstić information content (AvgIpc) is 2.82. The summed E-state index contributed by atoms with van der Waals surface area (Å²) in [4.78, 5) is 14.7. The van der Waals surface area contributed by atoms with Gasteiger partial charge in [0.25, 0.3) is 5.91 Å². The van der Waals surface area contributed by atoms with Crippen LogP contribution in [0.5, 0.6) is 17.2 Å². The van der Waals surface area contributed by atoms with Gasteiger partial charge in [-0.25, -0.2) is 13.1 Å². The predicted octanol–water partition coefficient (Wildman–Crippen LogP) is 2.82. The van der Waals surface area contributed by atoms with Gasteiger partial charge in [0, 0.05) is 25.2 Å². The van der Waals surface area contributed by atoms with E-state index in [1.807, 2.05) is 0 Å². The van der Waals surface area contributed by atoms with Crippen molar-refractivity contribution in [1.82, 2.24) is 9.62 Å². The molecule has 0 radical (unpaired) electrons. The van der Waals surface area contributed by atoms with Crippen LogP contribution in [0.4, 0.5) is 0 Å². The highest BCUT2D eigenvalue weighted by Crippen LogP contribution is 2.27. The number of nitrogens with one attached hydrogen (secondary N) is 1. The lowest BCUT2D eigenvalue weighted by Gasteiger charge is -2.27. The lowest BCUT2D eigenvalue weighted by molar-refractivity contribution is 0.0720. The monoisotopic (exact) mass is 448 g/mol. The highest BCUT2D eigenvalue weighted by molar-refractivity contribution is 7.89. The number of carbonyl (C=O) groups excluding carboxylic acids is 1. The van der Waals surface area contributed by atoms with E-state index in [0.29, 0.717) is 35.9 Å². The largest absolute Gasteiger partial charge is 0.497 e. The van der Waals surface area contributed by atoms with Gasteiger partial charge in [-0.05, 0) is 55.7 Å². The number of sulfonamides is 1. The molecule has 31 heavy (non-hydrogen) atoms. The summed E-state index contributed by atoms with van der Waals surface area (Å²) < 4.78 is 44.3.